The normalized spacial score (nSPS) is 17.5. The minimum atomic E-state index is -0.271. The topological polar surface area (TPSA) is 26.7 Å². The van der Waals surface area contributed by atoms with Crippen molar-refractivity contribution in [3.8, 4) is 0 Å². The van der Waals surface area contributed by atoms with E-state index >= 15 is 0 Å². The molecule has 1 heterocycles. The first kappa shape index (κ1) is 18.1. The summed E-state index contributed by atoms with van der Waals surface area (Å²) in [5.74, 6) is 0. The van der Waals surface area contributed by atoms with Crippen molar-refractivity contribution in [3.63, 3.8) is 0 Å². The van der Waals surface area contributed by atoms with Gasteiger partial charge in [0, 0.05) is 32.7 Å². The van der Waals surface area contributed by atoms with Gasteiger partial charge in [-0.15, -0.1) is 0 Å². The summed E-state index contributed by atoms with van der Waals surface area (Å²) < 4.78 is 0. The highest BCUT2D eigenvalue weighted by Crippen LogP contribution is 2.09. The molecule has 134 valence electrons. The van der Waals surface area contributed by atoms with E-state index < -0.39 is 0 Å². The standard InChI is InChI=1S/C22H30N2O/c25-22(18-21-10-5-2-6-11-21)19-24-16-14-23(15-17-24)13-7-12-20-8-3-1-4-9-20/h1-6,8-11,22,25H,7,12-19H2. The van der Waals surface area contributed by atoms with Crippen LogP contribution in [0.2, 0.25) is 0 Å². The van der Waals surface area contributed by atoms with Crippen LogP contribution in [-0.4, -0.2) is 60.3 Å². The van der Waals surface area contributed by atoms with Crippen molar-refractivity contribution in [1.29, 1.82) is 0 Å². The highest BCUT2D eigenvalue weighted by atomic mass is 16.3. The minimum Gasteiger partial charge on any atom is -0.391 e. The summed E-state index contributed by atoms with van der Waals surface area (Å²) in [7, 11) is 0. The molecule has 0 saturated carbocycles. The molecule has 1 aliphatic rings. The van der Waals surface area contributed by atoms with Gasteiger partial charge in [-0.25, -0.2) is 0 Å². The fraction of sp³-hybridized carbons (Fsp3) is 0.455. The lowest BCUT2D eigenvalue weighted by atomic mass is 10.1. The summed E-state index contributed by atoms with van der Waals surface area (Å²) in [5, 5.41) is 10.3. The largest absolute Gasteiger partial charge is 0.391 e. The molecule has 3 rings (SSSR count). The quantitative estimate of drug-likeness (QED) is 0.802. The molecular formula is C22H30N2O. The first-order valence-corrected chi connectivity index (χ1v) is 9.50. The number of hydrogen-bond donors (Lipinski definition) is 1. The maximum atomic E-state index is 10.3. The molecule has 0 spiro atoms. The Bertz CT molecular complexity index is 594. The summed E-state index contributed by atoms with van der Waals surface area (Å²) in [6.07, 6.45) is 2.86. The number of aliphatic hydroxyl groups is 1. The number of aliphatic hydroxyl groups excluding tert-OH is 1. The van der Waals surface area contributed by atoms with Crippen molar-refractivity contribution in [3.05, 3.63) is 71.8 Å². The minimum absolute atomic E-state index is 0.271. The molecule has 1 fully saturated rings. The van der Waals surface area contributed by atoms with Gasteiger partial charge in [0.05, 0.1) is 6.10 Å². The van der Waals surface area contributed by atoms with E-state index in [1.54, 1.807) is 0 Å². The zero-order chi connectivity index (χ0) is 17.3. The Hall–Kier alpha value is -1.68. The van der Waals surface area contributed by atoms with Gasteiger partial charge in [-0.3, -0.25) is 4.90 Å². The van der Waals surface area contributed by atoms with Gasteiger partial charge in [0.25, 0.3) is 0 Å². The number of rotatable bonds is 8. The van der Waals surface area contributed by atoms with Crippen molar-refractivity contribution < 1.29 is 5.11 Å². The predicted molar refractivity (Wildman–Crippen MR) is 104 cm³/mol. The van der Waals surface area contributed by atoms with Crippen LogP contribution >= 0.6 is 0 Å². The summed E-state index contributed by atoms with van der Waals surface area (Å²) in [6.45, 7) is 6.33. The van der Waals surface area contributed by atoms with Crippen molar-refractivity contribution in [2.45, 2.75) is 25.4 Å². The van der Waals surface area contributed by atoms with E-state index in [9.17, 15) is 5.11 Å². The third-order valence-electron chi connectivity index (χ3n) is 5.03. The summed E-state index contributed by atoms with van der Waals surface area (Å²) in [6, 6.07) is 21.0. The molecule has 2 aromatic rings. The molecule has 3 heteroatoms. The fourth-order valence-corrected chi connectivity index (χ4v) is 3.60. The van der Waals surface area contributed by atoms with Crippen LogP contribution in [0, 0.1) is 0 Å². The third-order valence-corrected chi connectivity index (χ3v) is 5.03. The summed E-state index contributed by atoms with van der Waals surface area (Å²) >= 11 is 0. The van der Waals surface area contributed by atoms with E-state index in [-0.39, 0.29) is 6.10 Å². The van der Waals surface area contributed by atoms with E-state index in [1.165, 1.54) is 24.1 Å². The van der Waals surface area contributed by atoms with Gasteiger partial charge >= 0.3 is 0 Å². The average Bonchev–Trinajstić information content (AvgIpc) is 2.65. The van der Waals surface area contributed by atoms with E-state index in [4.69, 9.17) is 0 Å². The van der Waals surface area contributed by atoms with Crippen LogP contribution in [0.1, 0.15) is 17.5 Å². The molecular weight excluding hydrogens is 308 g/mol. The van der Waals surface area contributed by atoms with Crippen LogP contribution in [0.15, 0.2) is 60.7 Å². The Kier molecular flexibility index (Phi) is 7.04. The summed E-state index contributed by atoms with van der Waals surface area (Å²) in [5.41, 5.74) is 2.65. The van der Waals surface area contributed by atoms with E-state index in [0.29, 0.717) is 0 Å². The molecule has 0 aliphatic carbocycles. The Morgan fingerprint density at radius 3 is 1.96 bits per heavy atom. The highest BCUT2D eigenvalue weighted by Gasteiger charge is 2.19. The molecule has 0 bridgehead atoms. The average molecular weight is 338 g/mol. The number of hydrogen-bond acceptors (Lipinski definition) is 3. The number of piperazine rings is 1. The zero-order valence-electron chi connectivity index (χ0n) is 15.1. The van der Waals surface area contributed by atoms with Crippen LogP contribution in [0.25, 0.3) is 0 Å². The molecule has 25 heavy (non-hydrogen) atoms. The van der Waals surface area contributed by atoms with Gasteiger partial charge in [-0.1, -0.05) is 60.7 Å². The first-order valence-electron chi connectivity index (χ1n) is 9.50. The maximum absolute atomic E-state index is 10.3. The second-order valence-electron chi connectivity index (χ2n) is 7.07. The lowest BCUT2D eigenvalue weighted by molar-refractivity contribution is 0.0726. The molecule has 0 aromatic heterocycles. The SMILES string of the molecule is OC(Cc1ccccc1)CN1CCN(CCCc2ccccc2)CC1. The van der Waals surface area contributed by atoms with Gasteiger partial charge in [-0.2, -0.15) is 0 Å². The van der Waals surface area contributed by atoms with Crippen LogP contribution < -0.4 is 0 Å². The summed E-state index contributed by atoms with van der Waals surface area (Å²) in [4.78, 5) is 4.96. The number of β-amino-alcohol motifs (C(OH)–C–C–N with tert-alkyl or cyclic N) is 1. The van der Waals surface area contributed by atoms with Crippen molar-refractivity contribution in [1.82, 2.24) is 9.80 Å². The lowest BCUT2D eigenvalue weighted by Gasteiger charge is -2.35. The lowest BCUT2D eigenvalue weighted by Crippen LogP contribution is -2.48. The molecule has 1 atom stereocenters. The Morgan fingerprint density at radius 2 is 1.32 bits per heavy atom. The van der Waals surface area contributed by atoms with E-state index in [0.717, 1.165) is 45.6 Å². The monoisotopic (exact) mass is 338 g/mol. The molecule has 0 amide bonds. The molecule has 2 aromatic carbocycles. The number of nitrogens with zero attached hydrogens (tertiary/aromatic N) is 2. The Balaban J connectivity index is 1.31. The second kappa shape index (κ2) is 9.71. The Labute approximate surface area is 151 Å². The number of aryl methyl sites for hydroxylation is 1. The molecule has 1 saturated heterocycles. The van der Waals surface area contributed by atoms with Crippen LogP contribution in [0.3, 0.4) is 0 Å². The molecule has 1 unspecified atom stereocenters. The van der Waals surface area contributed by atoms with E-state index in [1.807, 2.05) is 18.2 Å². The smallest absolute Gasteiger partial charge is 0.0707 e. The van der Waals surface area contributed by atoms with Crippen LogP contribution in [0.5, 0.6) is 0 Å². The zero-order valence-corrected chi connectivity index (χ0v) is 15.1. The van der Waals surface area contributed by atoms with Crippen molar-refractivity contribution in [2.24, 2.45) is 0 Å². The first-order chi connectivity index (χ1) is 12.3. The number of benzene rings is 2. The fourth-order valence-electron chi connectivity index (χ4n) is 3.60. The van der Waals surface area contributed by atoms with Crippen molar-refractivity contribution in [2.75, 3.05) is 39.3 Å². The van der Waals surface area contributed by atoms with Gasteiger partial charge in [0.1, 0.15) is 0 Å². The van der Waals surface area contributed by atoms with Crippen LogP contribution in [0.4, 0.5) is 0 Å². The maximum Gasteiger partial charge on any atom is 0.0707 e. The third kappa shape index (κ3) is 6.28. The molecule has 3 nitrogen and oxygen atoms in total. The molecule has 1 aliphatic heterocycles. The predicted octanol–water partition coefficient (Wildman–Crippen LogP) is 2.84. The van der Waals surface area contributed by atoms with Gasteiger partial charge < -0.3 is 10.0 Å². The second-order valence-corrected chi connectivity index (χ2v) is 7.07. The van der Waals surface area contributed by atoms with Crippen LogP contribution in [-0.2, 0) is 12.8 Å². The Morgan fingerprint density at radius 1 is 0.760 bits per heavy atom. The molecule has 0 radical (unpaired) electrons. The highest BCUT2D eigenvalue weighted by molar-refractivity contribution is 5.16. The van der Waals surface area contributed by atoms with Gasteiger partial charge in [-0.05, 0) is 36.9 Å². The van der Waals surface area contributed by atoms with E-state index in [2.05, 4.69) is 52.3 Å². The van der Waals surface area contributed by atoms with Crippen molar-refractivity contribution >= 4 is 0 Å². The molecule has 1 N–H and O–H groups in total. The van der Waals surface area contributed by atoms with Gasteiger partial charge in [0.15, 0.2) is 0 Å². The van der Waals surface area contributed by atoms with Gasteiger partial charge in [0.2, 0.25) is 0 Å².